The predicted molar refractivity (Wildman–Crippen MR) is 102 cm³/mol. The highest BCUT2D eigenvalue weighted by atomic mass is 79.9. The minimum Gasteiger partial charge on any atom is -0.498 e. The zero-order valence-electron chi connectivity index (χ0n) is 16.0. The smallest absolute Gasteiger partial charge is 0.305 e. The first-order valence-corrected chi connectivity index (χ1v) is 9.76. The second-order valence-electron chi connectivity index (χ2n) is 4.34. The molecule has 0 heterocycles. The Morgan fingerprint density at radius 3 is 1.87 bits per heavy atom. The van der Waals surface area contributed by atoms with Crippen molar-refractivity contribution < 1.29 is 19.0 Å². The van der Waals surface area contributed by atoms with E-state index in [0.29, 0.717) is 19.6 Å². The van der Waals surface area contributed by atoms with Gasteiger partial charge in [0.2, 0.25) is 0 Å². The summed E-state index contributed by atoms with van der Waals surface area (Å²) in [5, 5.41) is 1.13. The SMILES string of the molecule is C/C=C(\CC)OCCCC(=O)OCC.CCCBr.CCOCC. The minimum absolute atomic E-state index is 0.144. The summed E-state index contributed by atoms with van der Waals surface area (Å²) in [6, 6.07) is 0. The first kappa shape index (κ1) is 27.3. The lowest BCUT2D eigenvalue weighted by molar-refractivity contribution is -0.143. The van der Waals surface area contributed by atoms with Crippen molar-refractivity contribution in [3.05, 3.63) is 11.8 Å². The molecule has 0 atom stereocenters. The molecule has 0 amide bonds. The lowest BCUT2D eigenvalue weighted by atomic mass is 10.3. The highest BCUT2D eigenvalue weighted by molar-refractivity contribution is 9.09. The number of carbonyl (C=O) groups excluding carboxylic acids is 1. The maximum atomic E-state index is 10.9. The molecular formula is C18H37BrO4. The Hall–Kier alpha value is -0.550. The molecule has 0 aromatic carbocycles. The summed E-state index contributed by atoms with van der Waals surface area (Å²) in [5.74, 6) is 0.837. The summed E-state index contributed by atoms with van der Waals surface area (Å²) in [4.78, 5) is 10.9. The molecule has 23 heavy (non-hydrogen) atoms. The summed E-state index contributed by atoms with van der Waals surface area (Å²) < 4.78 is 15.0. The minimum atomic E-state index is -0.144. The molecule has 0 N–H and O–H groups in total. The third-order valence-corrected chi connectivity index (χ3v) is 3.18. The lowest BCUT2D eigenvalue weighted by Gasteiger charge is -2.07. The van der Waals surface area contributed by atoms with Crippen LogP contribution >= 0.6 is 15.9 Å². The molecule has 0 aliphatic heterocycles. The lowest BCUT2D eigenvalue weighted by Crippen LogP contribution is -2.05. The average molecular weight is 397 g/mol. The molecule has 0 unspecified atom stereocenters. The molecule has 0 saturated heterocycles. The van der Waals surface area contributed by atoms with Gasteiger partial charge in [-0.3, -0.25) is 4.79 Å². The number of allylic oxidation sites excluding steroid dienone is 2. The molecule has 140 valence electrons. The van der Waals surface area contributed by atoms with Gasteiger partial charge in [0, 0.05) is 31.4 Å². The van der Waals surface area contributed by atoms with Crippen LogP contribution in [0.1, 0.15) is 67.2 Å². The van der Waals surface area contributed by atoms with Crippen LogP contribution in [0.15, 0.2) is 11.8 Å². The van der Waals surface area contributed by atoms with Crippen molar-refractivity contribution in [2.24, 2.45) is 0 Å². The Balaban J connectivity index is -0.000000365. The van der Waals surface area contributed by atoms with Gasteiger partial charge in [-0.15, -0.1) is 0 Å². The van der Waals surface area contributed by atoms with Crippen molar-refractivity contribution in [2.75, 3.05) is 31.8 Å². The molecule has 0 saturated carbocycles. The van der Waals surface area contributed by atoms with Gasteiger partial charge in [-0.05, 0) is 46.6 Å². The molecular weight excluding hydrogens is 360 g/mol. The Labute approximate surface area is 152 Å². The van der Waals surface area contributed by atoms with E-state index in [1.54, 1.807) is 0 Å². The first-order chi connectivity index (χ1) is 11.1. The van der Waals surface area contributed by atoms with Crippen molar-refractivity contribution in [2.45, 2.75) is 67.2 Å². The summed E-state index contributed by atoms with van der Waals surface area (Å²) in [7, 11) is 0. The van der Waals surface area contributed by atoms with Crippen LogP contribution in [-0.2, 0) is 19.0 Å². The van der Waals surface area contributed by atoms with E-state index in [2.05, 4.69) is 22.9 Å². The Bertz CT molecular complexity index is 251. The van der Waals surface area contributed by atoms with E-state index in [-0.39, 0.29) is 5.97 Å². The zero-order valence-corrected chi connectivity index (χ0v) is 17.5. The van der Waals surface area contributed by atoms with Crippen LogP contribution in [0.2, 0.25) is 0 Å². The van der Waals surface area contributed by atoms with Gasteiger partial charge >= 0.3 is 5.97 Å². The van der Waals surface area contributed by atoms with Crippen LogP contribution in [-0.4, -0.2) is 37.7 Å². The number of hydrogen-bond acceptors (Lipinski definition) is 4. The topological polar surface area (TPSA) is 44.8 Å². The fourth-order valence-electron chi connectivity index (χ4n) is 1.25. The van der Waals surface area contributed by atoms with Crippen LogP contribution in [0.25, 0.3) is 0 Å². The van der Waals surface area contributed by atoms with Gasteiger partial charge in [0.1, 0.15) is 0 Å². The van der Waals surface area contributed by atoms with Crippen molar-refractivity contribution in [1.82, 2.24) is 0 Å². The van der Waals surface area contributed by atoms with E-state index in [1.807, 2.05) is 40.7 Å². The van der Waals surface area contributed by atoms with E-state index in [9.17, 15) is 4.79 Å². The van der Waals surface area contributed by atoms with Crippen LogP contribution in [0.4, 0.5) is 0 Å². The van der Waals surface area contributed by atoms with Gasteiger partial charge in [-0.25, -0.2) is 0 Å². The zero-order chi connectivity index (χ0) is 18.3. The largest absolute Gasteiger partial charge is 0.498 e. The average Bonchev–Trinajstić information content (AvgIpc) is 2.57. The maximum Gasteiger partial charge on any atom is 0.305 e. The number of hydrogen-bond donors (Lipinski definition) is 0. The number of alkyl halides is 1. The summed E-state index contributed by atoms with van der Waals surface area (Å²) in [6.45, 7) is 14.6. The third kappa shape index (κ3) is 30.0. The molecule has 0 aromatic rings. The summed E-state index contributed by atoms with van der Waals surface area (Å²) in [6.07, 6.45) is 5.24. The van der Waals surface area contributed by atoms with Crippen molar-refractivity contribution in [3.8, 4) is 0 Å². The van der Waals surface area contributed by atoms with E-state index in [4.69, 9.17) is 14.2 Å². The van der Waals surface area contributed by atoms with Gasteiger partial charge < -0.3 is 14.2 Å². The fraction of sp³-hybridized carbons (Fsp3) is 0.833. The third-order valence-electron chi connectivity index (χ3n) is 2.39. The first-order valence-electron chi connectivity index (χ1n) is 8.64. The van der Waals surface area contributed by atoms with Crippen LogP contribution in [0.5, 0.6) is 0 Å². The maximum absolute atomic E-state index is 10.9. The quantitative estimate of drug-likeness (QED) is 0.212. The number of esters is 1. The fourth-order valence-corrected chi connectivity index (χ4v) is 1.25. The second kappa shape index (κ2) is 26.4. The van der Waals surface area contributed by atoms with Gasteiger partial charge in [0.15, 0.2) is 0 Å². The van der Waals surface area contributed by atoms with E-state index < -0.39 is 0 Å². The molecule has 0 aliphatic rings. The van der Waals surface area contributed by atoms with Crippen molar-refractivity contribution in [3.63, 3.8) is 0 Å². The number of carbonyl (C=O) groups is 1. The van der Waals surface area contributed by atoms with Crippen molar-refractivity contribution >= 4 is 21.9 Å². The Kier molecular flexibility index (Phi) is 31.3. The number of rotatable bonds is 10. The number of ether oxygens (including phenoxy) is 3. The van der Waals surface area contributed by atoms with Gasteiger partial charge in [0.05, 0.1) is 19.0 Å². The highest BCUT2D eigenvalue weighted by Crippen LogP contribution is 2.04. The Morgan fingerprint density at radius 1 is 1.00 bits per heavy atom. The monoisotopic (exact) mass is 396 g/mol. The normalized spacial score (nSPS) is 9.96. The molecule has 5 heteroatoms. The molecule has 0 aliphatic carbocycles. The molecule has 4 nitrogen and oxygen atoms in total. The molecule has 0 fully saturated rings. The standard InChI is InChI=1S/C11H20O3.C4H10O.C3H7Br/c1-4-10(5-2)14-9-7-8-11(12)13-6-3;1-3-5-4-2;1-2-3-4/h4H,5-9H2,1-3H3;3-4H2,1-2H3;2-3H2,1H3/b10-4+;;. The summed E-state index contributed by atoms with van der Waals surface area (Å²) in [5.41, 5.74) is 0. The second-order valence-corrected chi connectivity index (χ2v) is 5.13. The van der Waals surface area contributed by atoms with Crippen LogP contribution < -0.4 is 0 Å². The van der Waals surface area contributed by atoms with Crippen LogP contribution in [0, 0.1) is 0 Å². The van der Waals surface area contributed by atoms with E-state index in [0.717, 1.165) is 37.1 Å². The Morgan fingerprint density at radius 2 is 1.57 bits per heavy atom. The summed E-state index contributed by atoms with van der Waals surface area (Å²) >= 11 is 3.25. The van der Waals surface area contributed by atoms with Crippen LogP contribution in [0.3, 0.4) is 0 Å². The molecule has 0 bridgehead atoms. The van der Waals surface area contributed by atoms with Crippen molar-refractivity contribution in [1.29, 1.82) is 0 Å². The van der Waals surface area contributed by atoms with Gasteiger partial charge in [-0.1, -0.05) is 29.8 Å². The molecule has 0 rings (SSSR count). The van der Waals surface area contributed by atoms with E-state index in [1.165, 1.54) is 6.42 Å². The van der Waals surface area contributed by atoms with Gasteiger partial charge in [-0.2, -0.15) is 0 Å². The van der Waals surface area contributed by atoms with E-state index >= 15 is 0 Å². The molecule has 0 spiro atoms. The molecule has 0 aromatic heterocycles. The molecule has 0 radical (unpaired) electrons. The number of halogens is 1. The predicted octanol–water partition coefficient (Wildman–Crippen LogP) is 5.49. The van der Waals surface area contributed by atoms with Gasteiger partial charge in [0.25, 0.3) is 0 Å². The highest BCUT2D eigenvalue weighted by Gasteiger charge is 2.01.